The quantitative estimate of drug-likeness (QED) is 0.563. The third-order valence-corrected chi connectivity index (χ3v) is 1.03. The maximum Gasteiger partial charge on any atom is 0.0191 e. The van der Waals surface area contributed by atoms with E-state index in [-0.39, 0.29) is 0 Å². The third kappa shape index (κ3) is 4.19. The molecule has 0 unspecified atom stereocenters. The predicted octanol–water partition coefficient (Wildman–Crippen LogP) is 2.92. The van der Waals surface area contributed by atoms with Crippen LogP contribution in [0.25, 0.3) is 0 Å². The minimum absolute atomic E-state index is 1.08. The van der Waals surface area contributed by atoms with Crippen molar-refractivity contribution in [1.82, 2.24) is 4.57 Å². The number of hydrogen-bond acceptors (Lipinski definition) is 0. The van der Waals surface area contributed by atoms with Gasteiger partial charge in [0.15, 0.2) is 0 Å². The van der Waals surface area contributed by atoms with E-state index in [4.69, 9.17) is 0 Å². The van der Waals surface area contributed by atoms with E-state index in [1.807, 2.05) is 12.1 Å². The van der Waals surface area contributed by atoms with Gasteiger partial charge in [0.2, 0.25) is 0 Å². The fourth-order valence-corrected chi connectivity index (χ4v) is 0.581. The van der Waals surface area contributed by atoms with Crippen molar-refractivity contribution in [1.29, 1.82) is 0 Å². The van der Waals surface area contributed by atoms with Crippen LogP contribution < -0.4 is 0 Å². The summed E-state index contributed by atoms with van der Waals surface area (Å²) in [6, 6.07) is 4.06. The Morgan fingerprint density at radius 1 is 1.00 bits per heavy atom. The molecule has 0 saturated carbocycles. The second kappa shape index (κ2) is 6.40. The van der Waals surface area contributed by atoms with E-state index in [1.54, 1.807) is 0 Å². The molecule has 0 spiro atoms. The molecule has 1 heteroatoms. The van der Waals surface area contributed by atoms with Crippen LogP contribution in [0.4, 0.5) is 0 Å². The van der Waals surface area contributed by atoms with Crippen LogP contribution in [0, 0.1) is 0 Å². The van der Waals surface area contributed by atoms with Gasteiger partial charge in [-0.15, -0.1) is 0 Å². The van der Waals surface area contributed by atoms with Crippen molar-refractivity contribution in [2.75, 3.05) is 0 Å². The topological polar surface area (TPSA) is 4.93 Å². The second-order valence-electron chi connectivity index (χ2n) is 2.22. The normalized spacial score (nSPS) is 8.30. The Kier molecular flexibility index (Phi) is 5.94. The Hall–Kier alpha value is -0.720. The summed E-state index contributed by atoms with van der Waals surface area (Å²) in [7, 11) is 0. The molecule has 1 aromatic heterocycles. The zero-order valence-corrected chi connectivity index (χ0v) is 7.17. The summed E-state index contributed by atoms with van der Waals surface area (Å²) in [5.41, 5.74) is 0. The SMILES string of the molecule is CCC.CCn1cccc1. The van der Waals surface area contributed by atoms with Crippen LogP contribution in [0.1, 0.15) is 27.2 Å². The maximum atomic E-state index is 2.12. The molecule has 0 aliphatic heterocycles. The molecule has 0 bridgehead atoms. The molecule has 1 nitrogen and oxygen atoms in total. The Bertz CT molecular complexity index is 130. The summed E-state index contributed by atoms with van der Waals surface area (Å²) in [6.07, 6.45) is 5.36. The lowest BCUT2D eigenvalue weighted by molar-refractivity contribution is 0.769. The highest BCUT2D eigenvalue weighted by Gasteiger charge is 1.75. The number of hydrogen-bond donors (Lipinski definition) is 0. The Morgan fingerprint density at radius 2 is 1.40 bits per heavy atom. The first-order chi connectivity index (χ1) is 4.85. The highest BCUT2D eigenvalue weighted by molar-refractivity contribution is 4.89. The molecule has 0 atom stereocenters. The molecule has 0 radical (unpaired) electrons. The van der Waals surface area contributed by atoms with Crippen LogP contribution in [-0.2, 0) is 6.54 Å². The van der Waals surface area contributed by atoms with Gasteiger partial charge in [0.1, 0.15) is 0 Å². The first kappa shape index (κ1) is 9.28. The Labute approximate surface area is 63.7 Å². The largest absolute Gasteiger partial charge is 0.355 e. The summed E-state index contributed by atoms with van der Waals surface area (Å²) in [6.45, 7) is 7.45. The monoisotopic (exact) mass is 139 g/mol. The smallest absolute Gasteiger partial charge is 0.0191 e. The second-order valence-corrected chi connectivity index (χ2v) is 2.22. The highest BCUT2D eigenvalue weighted by Crippen LogP contribution is 1.86. The van der Waals surface area contributed by atoms with Gasteiger partial charge in [0, 0.05) is 18.9 Å². The van der Waals surface area contributed by atoms with Gasteiger partial charge in [-0.3, -0.25) is 0 Å². The molecule has 1 aromatic rings. The minimum Gasteiger partial charge on any atom is -0.355 e. The fourth-order valence-electron chi connectivity index (χ4n) is 0.581. The van der Waals surface area contributed by atoms with Gasteiger partial charge in [0.25, 0.3) is 0 Å². The molecule has 0 aliphatic carbocycles. The molecule has 10 heavy (non-hydrogen) atoms. The zero-order chi connectivity index (χ0) is 7.82. The van der Waals surface area contributed by atoms with Crippen LogP contribution >= 0.6 is 0 Å². The maximum absolute atomic E-state index is 2.12. The minimum atomic E-state index is 1.08. The van der Waals surface area contributed by atoms with Gasteiger partial charge >= 0.3 is 0 Å². The molecule has 0 aromatic carbocycles. The molecule has 0 N–H and O–H groups in total. The molecular formula is C9H17N. The van der Waals surface area contributed by atoms with E-state index in [2.05, 4.69) is 37.7 Å². The zero-order valence-electron chi connectivity index (χ0n) is 7.17. The van der Waals surface area contributed by atoms with Crippen molar-refractivity contribution in [3.63, 3.8) is 0 Å². The van der Waals surface area contributed by atoms with Crippen LogP contribution in [0.2, 0.25) is 0 Å². The van der Waals surface area contributed by atoms with E-state index in [9.17, 15) is 0 Å². The van der Waals surface area contributed by atoms with Crippen molar-refractivity contribution >= 4 is 0 Å². The molecule has 0 saturated heterocycles. The van der Waals surface area contributed by atoms with E-state index in [0.717, 1.165) is 6.54 Å². The molecule has 1 heterocycles. The number of aryl methyl sites for hydroxylation is 1. The lowest BCUT2D eigenvalue weighted by atomic mass is 10.6. The average molecular weight is 139 g/mol. The van der Waals surface area contributed by atoms with E-state index >= 15 is 0 Å². The first-order valence-corrected chi connectivity index (χ1v) is 3.95. The van der Waals surface area contributed by atoms with Gasteiger partial charge in [-0.1, -0.05) is 20.3 Å². The van der Waals surface area contributed by atoms with Gasteiger partial charge in [-0.05, 0) is 19.1 Å². The summed E-state index contributed by atoms with van der Waals surface area (Å²) in [5, 5.41) is 0. The van der Waals surface area contributed by atoms with Crippen molar-refractivity contribution in [3.05, 3.63) is 24.5 Å². The molecule has 0 aliphatic rings. The number of nitrogens with zero attached hydrogens (tertiary/aromatic N) is 1. The Balaban J connectivity index is 0.000000236. The third-order valence-electron chi connectivity index (χ3n) is 1.03. The van der Waals surface area contributed by atoms with E-state index < -0.39 is 0 Å². The first-order valence-electron chi connectivity index (χ1n) is 3.95. The van der Waals surface area contributed by atoms with Crippen LogP contribution in [0.3, 0.4) is 0 Å². The molecule has 0 amide bonds. The number of aromatic nitrogens is 1. The van der Waals surface area contributed by atoms with Gasteiger partial charge in [-0.25, -0.2) is 0 Å². The van der Waals surface area contributed by atoms with Crippen molar-refractivity contribution in [3.8, 4) is 0 Å². The van der Waals surface area contributed by atoms with Gasteiger partial charge in [0.05, 0.1) is 0 Å². The van der Waals surface area contributed by atoms with Crippen LogP contribution in [0.5, 0.6) is 0 Å². The van der Waals surface area contributed by atoms with Crippen molar-refractivity contribution in [2.24, 2.45) is 0 Å². The summed E-state index contributed by atoms with van der Waals surface area (Å²) >= 11 is 0. The molecule has 1 rings (SSSR count). The van der Waals surface area contributed by atoms with Crippen LogP contribution in [-0.4, -0.2) is 4.57 Å². The molecule has 58 valence electrons. The number of rotatable bonds is 1. The van der Waals surface area contributed by atoms with Crippen molar-refractivity contribution < 1.29 is 0 Å². The standard InChI is InChI=1S/C6H9N.C3H8/c1-2-7-5-3-4-6-7;1-3-2/h3-6H,2H2,1H3;3H2,1-2H3. The van der Waals surface area contributed by atoms with Gasteiger partial charge in [-0.2, -0.15) is 0 Å². The summed E-state index contributed by atoms with van der Waals surface area (Å²) < 4.78 is 2.12. The van der Waals surface area contributed by atoms with Crippen molar-refractivity contribution in [2.45, 2.75) is 33.7 Å². The van der Waals surface area contributed by atoms with E-state index in [0.29, 0.717) is 0 Å². The van der Waals surface area contributed by atoms with E-state index in [1.165, 1.54) is 6.42 Å². The lowest BCUT2D eigenvalue weighted by Gasteiger charge is -1.89. The molecule has 0 fully saturated rings. The van der Waals surface area contributed by atoms with Gasteiger partial charge < -0.3 is 4.57 Å². The van der Waals surface area contributed by atoms with Crippen LogP contribution in [0.15, 0.2) is 24.5 Å². The summed E-state index contributed by atoms with van der Waals surface area (Å²) in [4.78, 5) is 0. The predicted molar refractivity (Wildman–Crippen MR) is 46.1 cm³/mol. The lowest BCUT2D eigenvalue weighted by Crippen LogP contribution is -1.85. The Morgan fingerprint density at radius 3 is 1.60 bits per heavy atom. The fraction of sp³-hybridized carbons (Fsp3) is 0.556. The summed E-state index contributed by atoms with van der Waals surface area (Å²) in [5.74, 6) is 0. The average Bonchev–Trinajstić information content (AvgIpc) is 2.39. The highest BCUT2D eigenvalue weighted by atomic mass is 14.9. The molecular weight excluding hydrogens is 122 g/mol.